The van der Waals surface area contributed by atoms with Crippen molar-refractivity contribution in [1.82, 2.24) is 21.3 Å². The summed E-state index contributed by atoms with van der Waals surface area (Å²) in [4.78, 5) is 87.7. The van der Waals surface area contributed by atoms with Crippen LogP contribution >= 0.6 is 0 Å². The van der Waals surface area contributed by atoms with Crippen molar-refractivity contribution in [3.05, 3.63) is 7.43 Å². The molecule has 4 N–H and O–H groups in total. The van der Waals surface area contributed by atoms with Crippen LogP contribution in [0.1, 0.15) is 138 Å². The van der Waals surface area contributed by atoms with E-state index < -0.39 is 94.8 Å². The van der Waals surface area contributed by atoms with Crippen molar-refractivity contribution in [2.24, 2.45) is 23.7 Å². The van der Waals surface area contributed by atoms with Crippen molar-refractivity contribution in [3.8, 4) is 0 Å². The molecule has 0 bridgehead atoms. The summed E-state index contributed by atoms with van der Waals surface area (Å²) in [6.07, 6.45) is -2.98. The van der Waals surface area contributed by atoms with Crippen LogP contribution in [0.3, 0.4) is 0 Å². The normalized spacial score (nSPS) is 13.2. The summed E-state index contributed by atoms with van der Waals surface area (Å²) in [6.45, 7) is 33.9. The molecule has 352 valence electrons. The van der Waals surface area contributed by atoms with Crippen LogP contribution < -0.4 is 41.7 Å². The number of aliphatic carboxylic acids is 4. The Kier molecular flexibility index (Phi) is 30.4. The molecule has 0 aliphatic heterocycles. The first-order valence-electron chi connectivity index (χ1n) is 19.3. The van der Waals surface area contributed by atoms with E-state index in [1.165, 1.54) is 0 Å². The molecule has 0 aliphatic rings. The van der Waals surface area contributed by atoms with E-state index in [4.69, 9.17) is 18.9 Å². The smallest absolute Gasteiger partial charge is 0.548 e. The molecule has 0 aliphatic carbocycles. The summed E-state index contributed by atoms with van der Waals surface area (Å²) in [5.41, 5.74) is -2.57. The molecule has 0 aromatic carbocycles. The van der Waals surface area contributed by atoms with E-state index in [1.54, 1.807) is 138 Å². The predicted molar refractivity (Wildman–Crippen MR) is 215 cm³/mol. The van der Waals surface area contributed by atoms with Gasteiger partial charge in [0.1, 0.15) is 22.4 Å². The largest absolute Gasteiger partial charge is 4.00 e. The predicted octanol–water partition coefficient (Wildman–Crippen LogP) is 1.22. The summed E-state index contributed by atoms with van der Waals surface area (Å²) in [6, 6.07) is -4.11. The van der Waals surface area contributed by atoms with Crippen LogP contribution in [0.25, 0.3) is 0 Å². The zero-order valence-electron chi connectivity index (χ0n) is 39.7. The van der Waals surface area contributed by atoms with Gasteiger partial charge in [-0.25, -0.2) is 19.2 Å². The topological polar surface area (TPSA) is 314 Å². The zero-order valence-corrected chi connectivity index (χ0v) is 39.7. The van der Waals surface area contributed by atoms with E-state index in [1.807, 2.05) is 0 Å². The molecule has 0 aromatic rings. The van der Waals surface area contributed by atoms with E-state index in [-0.39, 0.29) is 31.1 Å². The second kappa shape index (κ2) is 28.5. The van der Waals surface area contributed by atoms with Crippen molar-refractivity contribution in [3.63, 3.8) is 0 Å². The fraction of sp³-hybridized carbons (Fsp3) is 0.780. The Morgan fingerprint density at radius 3 is 0.508 bits per heavy atom. The molecule has 4 atom stereocenters. The third-order valence-electron chi connectivity index (χ3n) is 6.37. The van der Waals surface area contributed by atoms with Gasteiger partial charge in [0, 0.05) is 0 Å². The number of hydrogen-bond donors (Lipinski definition) is 4. The Morgan fingerprint density at radius 2 is 0.443 bits per heavy atom. The summed E-state index contributed by atoms with van der Waals surface area (Å²) in [7, 11) is 0. The number of amides is 4. The second-order valence-electron chi connectivity index (χ2n) is 18.7. The van der Waals surface area contributed by atoms with Crippen LogP contribution in [-0.4, -0.2) is 94.8 Å². The monoisotopic (exact) mass is 876 g/mol. The molecule has 0 saturated heterocycles. The Hall–Kier alpha value is -5.04. The van der Waals surface area contributed by atoms with Crippen molar-refractivity contribution < 1.29 is 77.7 Å². The molecular weight excluding hydrogens is 804 g/mol. The molecular formula is C41H72N4O16. The van der Waals surface area contributed by atoms with Crippen LogP contribution in [0.15, 0.2) is 0 Å². The fourth-order valence-corrected chi connectivity index (χ4v) is 3.73. The Balaban J connectivity index is -0.000000227. The summed E-state index contributed by atoms with van der Waals surface area (Å²) < 4.78 is 19.7. The van der Waals surface area contributed by atoms with E-state index in [2.05, 4.69) is 21.3 Å². The van der Waals surface area contributed by atoms with E-state index in [0.717, 1.165) is 0 Å². The Labute approximate surface area is 362 Å². The summed E-state index contributed by atoms with van der Waals surface area (Å²) in [5.74, 6) is -6.23. The van der Waals surface area contributed by atoms with Crippen LogP contribution in [0, 0.1) is 31.1 Å². The third kappa shape index (κ3) is 38.9. The Morgan fingerprint density at radius 1 is 0.328 bits per heavy atom. The number of rotatable bonds is 12. The number of carboxylic acids is 4. The van der Waals surface area contributed by atoms with E-state index >= 15 is 0 Å². The summed E-state index contributed by atoms with van der Waals surface area (Å²) in [5, 5.41) is 51.6. The van der Waals surface area contributed by atoms with Gasteiger partial charge in [-0.1, -0.05) is 55.4 Å². The molecule has 0 heterocycles. The van der Waals surface area contributed by atoms with Gasteiger partial charge in [0.05, 0.1) is 48.0 Å². The quantitative estimate of drug-likeness (QED) is 0.200. The molecule has 0 spiro atoms. The van der Waals surface area contributed by atoms with Gasteiger partial charge in [0.15, 0.2) is 0 Å². The van der Waals surface area contributed by atoms with Gasteiger partial charge in [-0.3, -0.25) is 0 Å². The minimum absolute atomic E-state index is 0. The van der Waals surface area contributed by atoms with Crippen LogP contribution in [0.2, 0.25) is 0 Å². The molecule has 4 amide bonds. The van der Waals surface area contributed by atoms with Gasteiger partial charge < -0.3 is 79.8 Å². The standard InChI is InChI=1S/4C10H19NO4.C/c4*1-6(2)7(8(12)13)11-9(14)15-10(3,4)5;/h4*6-7H,1-5H3,(H,11,14)(H,12,13);/q;;;;+4/p-4. The van der Waals surface area contributed by atoms with Crippen LogP contribution in [-0.2, 0) is 38.1 Å². The maximum Gasteiger partial charge on any atom is 4.00 e. The number of carbonyl (C=O) groups is 8. The van der Waals surface area contributed by atoms with Gasteiger partial charge in [-0.05, 0) is 107 Å². The molecule has 20 heteroatoms. The van der Waals surface area contributed by atoms with Gasteiger partial charge in [-0.2, -0.15) is 0 Å². The Bertz CT molecular complexity index is 1180. The first kappa shape index (κ1) is 65.1. The number of carboxylic acid groups (broad SMARTS) is 4. The van der Waals surface area contributed by atoms with Gasteiger partial charge in [0.25, 0.3) is 0 Å². The number of carbonyl (C=O) groups excluding carboxylic acids is 8. The summed E-state index contributed by atoms with van der Waals surface area (Å²) >= 11 is 0. The third-order valence-corrected chi connectivity index (χ3v) is 6.37. The molecule has 20 nitrogen and oxygen atoms in total. The van der Waals surface area contributed by atoms with Gasteiger partial charge in [0.2, 0.25) is 0 Å². The molecule has 0 saturated carbocycles. The van der Waals surface area contributed by atoms with Crippen molar-refractivity contribution in [1.29, 1.82) is 0 Å². The van der Waals surface area contributed by atoms with Crippen molar-refractivity contribution >= 4 is 48.3 Å². The molecule has 0 radical (unpaired) electrons. The minimum Gasteiger partial charge on any atom is -0.548 e. The molecule has 4 unspecified atom stereocenters. The fourth-order valence-electron chi connectivity index (χ4n) is 3.73. The molecule has 0 aromatic heterocycles. The maximum absolute atomic E-state index is 11.3. The van der Waals surface area contributed by atoms with E-state index in [9.17, 15) is 58.8 Å². The van der Waals surface area contributed by atoms with Crippen molar-refractivity contribution in [2.45, 2.75) is 185 Å². The molecule has 0 fully saturated rings. The molecule has 0 rings (SSSR count). The molecule has 61 heavy (non-hydrogen) atoms. The van der Waals surface area contributed by atoms with Gasteiger partial charge in [-0.15, -0.1) is 0 Å². The first-order valence-corrected chi connectivity index (χ1v) is 19.3. The zero-order chi connectivity index (χ0) is 48.9. The van der Waals surface area contributed by atoms with Crippen LogP contribution in [0.4, 0.5) is 19.2 Å². The SMILES string of the molecule is CC(C)C(NC(=O)OC(C)(C)C)C(=O)[O-].CC(C)C(NC(=O)OC(C)(C)C)C(=O)[O-].CC(C)C(NC(=O)OC(C)(C)C)C(=O)[O-].CC(C)C(NC(=O)OC(C)(C)C)C(=O)[O-].[C+4]. The van der Waals surface area contributed by atoms with Crippen molar-refractivity contribution in [2.75, 3.05) is 0 Å². The van der Waals surface area contributed by atoms with E-state index in [0.29, 0.717) is 0 Å². The average molecular weight is 877 g/mol. The van der Waals surface area contributed by atoms with Crippen LogP contribution in [0.5, 0.6) is 0 Å². The minimum atomic E-state index is -1.31. The maximum atomic E-state index is 11.3. The second-order valence-corrected chi connectivity index (χ2v) is 18.7. The average Bonchev–Trinajstić information content (AvgIpc) is 2.96. The first-order chi connectivity index (χ1) is 26.5. The number of nitrogens with one attached hydrogen (secondary N) is 4. The number of ether oxygens (including phenoxy) is 4. The van der Waals surface area contributed by atoms with Gasteiger partial charge >= 0.3 is 31.8 Å². The number of alkyl carbamates (subject to hydrolysis) is 4. The number of hydrogen-bond acceptors (Lipinski definition) is 16.